The molecule has 1 aliphatic rings. The van der Waals surface area contributed by atoms with Crippen LogP contribution >= 0.6 is 23.1 Å². The summed E-state index contributed by atoms with van der Waals surface area (Å²) in [4.78, 5) is 33.0. The molecule has 1 unspecified atom stereocenters. The Morgan fingerprint density at radius 1 is 1.02 bits per heavy atom. The van der Waals surface area contributed by atoms with Crippen molar-refractivity contribution < 1.29 is 19.1 Å². The molecule has 5 aromatic rings. The summed E-state index contributed by atoms with van der Waals surface area (Å²) in [6.07, 6.45) is 2.58. The Morgan fingerprint density at radius 3 is 2.49 bits per heavy atom. The maximum absolute atomic E-state index is 13.6. The summed E-state index contributed by atoms with van der Waals surface area (Å²) in [7, 11) is 0. The minimum absolute atomic E-state index is 0.0382. The van der Waals surface area contributed by atoms with E-state index in [1.807, 2.05) is 37.3 Å². The normalized spacial score (nSPS) is 16.7. The number of hydrogen-bond acceptors (Lipinski definition) is 8. The fraction of sp³-hybridized carbons (Fsp3) is 0.167. The number of aryl methyl sites for hydroxylation is 2. The van der Waals surface area contributed by atoms with Crippen LogP contribution in [-0.4, -0.2) is 36.4 Å². The van der Waals surface area contributed by atoms with Crippen LogP contribution in [0.25, 0.3) is 11.4 Å². The highest BCUT2D eigenvalue weighted by Gasteiger charge is 2.48. The van der Waals surface area contributed by atoms with Crippen molar-refractivity contribution in [1.82, 2.24) is 19.6 Å². The molecular weight excluding hydrogens is 561 g/mol. The van der Waals surface area contributed by atoms with E-state index in [0.29, 0.717) is 32.7 Å². The number of fused-ring (bicyclic) bond motifs is 1. The molecule has 2 aromatic carbocycles. The van der Waals surface area contributed by atoms with Crippen molar-refractivity contribution in [2.45, 2.75) is 36.4 Å². The molecule has 4 heterocycles. The van der Waals surface area contributed by atoms with Gasteiger partial charge in [0.1, 0.15) is 17.2 Å². The van der Waals surface area contributed by atoms with E-state index in [1.54, 1.807) is 41.8 Å². The van der Waals surface area contributed by atoms with Gasteiger partial charge in [0.05, 0.1) is 17.3 Å². The van der Waals surface area contributed by atoms with Crippen LogP contribution in [0.5, 0.6) is 0 Å². The van der Waals surface area contributed by atoms with Gasteiger partial charge >= 0.3 is 5.91 Å². The lowest BCUT2D eigenvalue weighted by Crippen LogP contribution is -2.29. The van der Waals surface area contributed by atoms with Crippen molar-refractivity contribution in [2.24, 2.45) is 0 Å². The van der Waals surface area contributed by atoms with Crippen molar-refractivity contribution in [1.29, 1.82) is 0 Å². The number of carbonyl (C=O) groups is 2. The number of rotatable bonds is 7. The van der Waals surface area contributed by atoms with E-state index >= 15 is 0 Å². The molecule has 0 radical (unpaired) electrons. The van der Waals surface area contributed by atoms with Gasteiger partial charge in [-0.05, 0) is 54.3 Å². The molecule has 1 N–H and O–H groups in total. The number of aliphatic hydroxyl groups is 1. The van der Waals surface area contributed by atoms with E-state index in [4.69, 9.17) is 0 Å². The van der Waals surface area contributed by atoms with Gasteiger partial charge in [-0.2, -0.15) is 0 Å². The van der Waals surface area contributed by atoms with Gasteiger partial charge in [0.2, 0.25) is 5.13 Å². The van der Waals surface area contributed by atoms with Crippen LogP contribution in [-0.2, 0) is 21.8 Å². The first-order valence-electron chi connectivity index (χ1n) is 12.9. The minimum Gasteiger partial charge on any atom is -0.505 e. The summed E-state index contributed by atoms with van der Waals surface area (Å²) in [6.45, 7) is 3.79. The summed E-state index contributed by atoms with van der Waals surface area (Å²) in [6, 6.07) is 18.3. The molecule has 1 saturated heterocycles. The van der Waals surface area contributed by atoms with Gasteiger partial charge in [-0.1, -0.05) is 72.5 Å². The molecule has 6 rings (SSSR count). The molecule has 0 spiro atoms. The number of aliphatic hydroxyl groups excluding tert-OH is 1. The first-order valence-corrected chi connectivity index (χ1v) is 14.7. The largest absolute Gasteiger partial charge is 0.505 e. The predicted molar refractivity (Wildman–Crippen MR) is 156 cm³/mol. The summed E-state index contributed by atoms with van der Waals surface area (Å²) in [5.74, 6) is -1.69. The lowest BCUT2D eigenvalue weighted by Gasteiger charge is -2.22. The molecule has 0 aliphatic carbocycles. The molecule has 0 saturated carbocycles. The summed E-state index contributed by atoms with van der Waals surface area (Å²) in [5.41, 5.74) is 4.11. The zero-order valence-corrected chi connectivity index (χ0v) is 23.7. The van der Waals surface area contributed by atoms with Gasteiger partial charge in [-0.3, -0.25) is 18.9 Å². The van der Waals surface area contributed by atoms with Crippen LogP contribution in [0, 0.1) is 12.7 Å². The molecule has 1 amide bonds. The Hall–Kier alpha value is -4.35. The zero-order chi connectivity index (χ0) is 28.7. The predicted octanol–water partition coefficient (Wildman–Crippen LogP) is 6.11. The molecule has 3 aromatic heterocycles. The topological polar surface area (TPSA) is 101 Å². The maximum atomic E-state index is 13.6. The first-order chi connectivity index (χ1) is 19.9. The second kappa shape index (κ2) is 10.9. The van der Waals surface area contributed by atoms with E-state index in [1.165, 1.54) is 40.1 Å². The number of aromatic nitrogens is 4. The van der Waals surface area contributed by atoms with Crippen molar-refractivity contribution in [3.63, 3.8) is 0 Å². The number of hydrogen-bond donors (Lipinski definition) is 1. The fourth-order valence-corrected chi connectivity index (χ4v) is 6.71. The number of halogens is 1. The average Bonchev–Trinajstić information content (AvgIpc) is 3.66. The molecule has 206 valence electrons. The van der Waals surface area contributed by atoms with E-state index in [9.17, 15) is 19.1 Å². The number of Topliss-reactive ketones (excluding diaryl/α,β-unsaturated/α-hetero) is 1. The molecule has 11 heteroatoms. The molecular formula is C30H24FN5O3S2. The van der Waals surface area contributed by atoms with E-state index in [2.05, 4.69) is 15.2 Å². The highest BCUT2D eigenvalue weighted by Crippen LogP contribution is 2.44. The van der Waals surface area contributed by atoms with Crippen LogP contribution in [0.3, 0.4) is 0 Å². The third kappa shape index (κ3) is 4.91. The SMILES string of the molecule is CCc1ccc(C2/C(=C(\O)c3c(C)nc4ccccn34)C(=O)C(=O)N2c2nnc(SCc3ccc(F)cc3)s2)cc1. The van der Waals surface area contributed by atoms with Crippen LogP contribution < -0.4 is 4.90 Å². The highest BCUT2D eigenvalue weighted by molar-refractivity contribution is 8.00. The standard InChI is InChI=1S/C30H24FN5O3S2/c1-3-18-7-11-20(12-8-18)25-23(26(37)24-17(2)32-22-6-4-5-15-35(22)24)27(38)28(39)36(25)29-33-34-30(41-29)40-16-19-9-13-21(31)14-10-19/h4-15,25,37H,3,16H2,1-2H3/b26-23+. The monoisotopic (exact) mass is 585 g/mol. The number of ketones is 1. The summed E-state index contributed by atoms with van der Waals surface area (Å²) in [5, 5.41) is 20.4. The van der Waals surface area contributed by atoms with Gasteiger partial charge in [0.25, 0.3) is 5.78 Å². The quantitative estimate of drug-likeness (QED) is 0.0808. The second-order valence-electron chi connectivity index (χ2n) is 9.50. The number of nitrogens with zero attached hydrogens (tertiary/aromatic N) is 5. The highest BCUT2D eigenvalue weighted by atomic mass is 32.2. The Kier molecular flexibility index (Phi) is 7.14. The van der Waals surface area contributed by atoms with Crippen LogP contribution in [0.1, 0.15) is 41.0 Å². The molecule has 1 aliphatic heterocycles. The lowest BCUT2D eigenvalue weighted by atomic mass is 9.95. The Morgan fingerprint density at radius 2 is 1.76 bits per heavy atom. The van der Waals surface area contributed by atoms with Gasteiger partial charge in [0, 0.05) is 11.9 Å². The van der Waals surface area contributed by atoms with Crippen molar-refractivity contribution >= 4 is 51.3 Å². The zero-order valence-electron chi connectivity index (χ0n) is 22.1. The second-order valence-corrected chi connectivity index (χ2v) is 11.7. The Balaban J connectivity index is 1.43. The van der Waals surface area contributed by atoms with Gasteiger partial charge in [0.15, 0.2) is 10.1 Å². The van der Waals surface area contributed by atoms with E-state index in [-0.39, 0.29) is 22.3 Å². The fourth-order valence-electron chi connectivity index (χ4n) is 4.89. The molecule has 41 heavy (non-hydrogen) atoms. The average molecular weight is 586 g/mol. The molecule has 1 fully saturated rings. The Bertz CT molecular complexity index is 1810. The van der Waals surface area contributed by atoms with Gasteiger partial charge < -0.3 is 5.11 Å². The number of anilines is 1. The lowest BCUT2D eigenvalue weighted by molar-refractivity contribution is -0.132. The summed E-state index contributed by atoms with van der Waals surface area (Å²) >= 11 is 2.58. The number of benzene rings is 2. The Labute approximate surface area is 243 Å². The molecule has 1 atom stereocenters. The number of imidazole rings is 1. The number of pyridine rings is 1. The van der Waals surface area contributed by atoms with Crippen molar-refractivity contribution in [3.8, 4) is 0 Å². The number of amides is 1. The van der Waals surface area contributed by atoms with Crippen LogP contribution in [0.15, 0.2) is 82.8 Å². The van der Waals surface area contributed by atoms with Gasteiger partial charge in [-0.25, -0.2) is 9.37 Å². The third-order valence-corrected chi connectivity index (χ3v) is 9.08. The molecule has 0 bridgehead atoms. The number of thioether (sulfide) groups is 1. The number of carbonyl (C=O) groups excluding carboxylic acids is 2. The van der Waals surface area contributed by atoms with Crippen LogP contribution in [0.4, 0.5) is 9.52 Å². The van der Waals surface area contributed by atoms with E-state index < -0.39 is 17.7 Å². The van der Waals surface area contributed by atoms with Crippen molar-refractivity contribution in [2.75, 3.05) is 4.90 Å². The molecule has 8 nitrogen and oxygen atoms in total. The summed E-state index contributed by atoms with van der Waals surface area (Å²) < 4.78 is 15.6. The maximum Gasteiger partial charge on any atom is 0.301 e. The minimum atomic E-state index is -0.919. The van der Waals surface area contributed by atoms with Gasteiger partial charge in [-0.15, -0.1) is 10.2 Å². The van der Waals surface area contributed by atoms with Crippen LogP contribution in [0.2, 0.25) is 0 Å². The van der Waals surface area contributed by atoms with Crippen molar-refractivity contribution in [3.05, 3.63) is 112 Å². The first kappa shape index (κ1) is 26.9. The third-order valence-electron chi connectivity index (χ3n) is 6.95. The smallest absolute Gasteiger partial charge is 0.301 e. The van der Waals surface area contributed by atoms with E-state index in [0.717, 1.165) is 17.5 Å².